The van der Waals surface area contributed by atoms with Crippen LogP contribution >= 0.6 is 11.6 Å². The molecule has 1 aliphatic heterocycles. The molecule has 9 heteroatoms. The Morgan fingerprint density at radius 2 is 1.73 bits per heavy atom. The van der Waals surface area contributed by atoms with Gasteiger partial charge in [0.25, 0.3) is 11.8 Å². The fourth-order valence-corrected chi connectivity index (χ4v) is 5.57. The minimum absolute atomic E-state index is 0.0178. The normalized spacial score (nSPS) is 18.7. The Hall–Kier alpha value is -3.62. The van der Waals surface area contributed by atoms with Gasteiger partial charge in [0.1, 0.15) is 11.8 Å². The number of aromatic hydroxyl groups is 1. The molecule has 0 aliphatic carbocycles. The number of aliphatic hydroxyl groups excluding tert-OH is 1. The maximum atomic E-state index is 13.8. The monoisotopic (exact) mass is 579 g/mol. The molecule has 0 aromatic heterocycles. The Balaban J connectivity index is 1.65. The summed E-state index contributed by atoms with van der Waals surface area (Å²) in [4.78, 5) is 41.6. The van der Waals surface area contributed by atoms with Gasteiger partial charge in [0, 0.05) is 23.2 Å². The Morgan fingerprint density at radius 1 is 1.05 bits per heavy atom. The zero-order valence-corrected chi connectivity index (χ0v) is 24.8. The van der Waals surface area contributed by atoms with E-state index < -0.39 is 40.9 Å². The number of likely N-dealkylation sites (tertiary alicyclic amines) is 1. The van der Waals surface area contributed by atoms with E-state index in [0.29, 0.717) is 11.1 Å². The Bertz CT molecular complexity index is 1470. The van der Waals surface area contributed by atoms with E-state index in [9.17, 15) is 24.6 Å². The molecule has 4 rings (SSSR count). The van der Waals surface area contributed by atoms with Crippen LogP contribution in [0.4, 0.5) is 0 Å². The van der Waals surface area contributed by atoms with Crippen molar-refractivity contribution >= 4 is 40.1 Å². The summed E-state index contributed by atoms with van der Waals surface area (Å²) < 4.78 is 0. The second-order valence-electron chi connectivity index (χ2n) is 11.9. The average Bonchev–Trinajstić information content (AvgIpc) is 3.30. The van der Waals surface area contributed by atoms with Gasteiger partial charge < -0.3 is 25.7 Å². The number of benzene rings is 3. The summed E-state index contributed by atoms with van der Waals surface area (Å²) in [5, 5.41) is 29.1. The van der Waals surface area contributed by atoms with Crippen LogP contribution in [-0.4, -0.2) is 68.5 Å². The van der Waals surface area contributed by atoms with E-state index in [1.54, 1.807) is 26.0 Å². The number of phenols is 1. The summed E-state index contributed by atoms with van der Waals surface area (Å²) in [7, 11) is 0. The predicted octanol–water partition coefficient (Wildman–Crippen LogP) is 3.99. The molecule has 0 spiro atoms. The van der Waals surface area contributed by atoms with Gasteiger partial charge in [-0.2, -0.15) is 0 Å². The molecule has 3 aromatic carbocycles. The first-order valence-electron chi connectivity index (χ1n) is 13.8. The number of amides is 3. The fourth-order valence-electron chi connectivity index (χ4n) is 5.25. The number of phenolic OH excluding ortho intramolecular Hbond substituents is 1. The van der Waals surface area contributed by atoms with Gasteiger partial charge in [-0.15, -0.1) is 11.6 Å². The lowest BCUT2D eigenvalue weighted by atomic mass is 9.96. The van der Waals surface area contributed by atoms with E-state index in [2.05, 4.69) is 10.6 Å². The first kappa shape index (κ1) is 30.3. The van der Waals surface area contributed by atoms with Gasteiger partial charge in [-0.25, -0.2) is 0 Å². The van der Waals surface area contributed by atoms with Crippen LogP contribution in [0, 0.1) is 13.8 Å². The molecule has 3 amide bonds. The molecule has 1 aliphatic rings. The van der Waals surface area contributed by atoms with Crippen molar-refractivity contribution in [1.29, 1.82) is 0 Å². The second kappa shape index (κ2) is 12.1. The number of carbonyl (C=O) groups is 3. The summed E-state index contributed by atoms with van der Waals surface area (Å²) in [5.74, 6) is -1.58. The van der Waals surface area contributed by atoms with Gasteiger partial charge in [-0.3, -0.25) is 14.4 Å². The molecule has 0 radical (unpaired) electrons. The highest BCUT2D eigenvalue weighted by Gasteiger charge is 2.43. The molecule has 0 saturated carbocycles. The van der Waals surface area contributed by atoms with E-state index in [1.165, 1.54) is 4.90 Å². The van der Waals surface area contributed by atoms with Crippen LogP contribution in [0.15, 0.2) is 54.6 Å². The van der Waals surface area contributed by atoms with E-state index >= 15 is 0 Å². The van der Waals surface area contributed by atoms with Crippen molar-refractivity contribution in [2.75, 3.05) is 6.54 Å². The largest absolute Gasteiger partial charge is 0.508 e. The minimum Gasteiger partial charge on any atom is -0.508 e. The number of hydrogen-bond acceptors (Lipinski definition) is 5. The van der Waals surface area contributed by atoms with Crippen molar-refractivity contribution in [3.8, 4) is 5.75 Å². The summed E-state index contributed by atoms with van der Waals surface area (Å²) in [6.07, 6.45) is -1.25. The van der Waals surface area contributed by atoms with Gasteiger partial charge in [0.2, 0.25) is 5.91 Å². The van der Waals surface area contributed by atoms with Crippen molar-refractivity contribution in [3.63, 3.8) is 0 Å². The van der Waals surface area contributed by atoms with Crippen molar-refractivity contribution in [2.24, 2.45) is 0 Å². The quantitative estimate of drug-likeness (QED) is 0.316. The molecule has 0 bridgehead atoms. The first-order valence-corrected chi connectivity index (χ1v) is 14.2. The third-order valence-corrected chi connectivity index (χ3v) is 7.64. The molecule has 1 heterocycles. The van der Waals surface area contributed by atoms with E-state index in [1.807, 2.05) is 63.2 Å². The van der Waals surface area contributed by atoms with E-state index in [-0.39, 0.29) is 36.6 Å². The number of aliphatic hydroxyl groups is 1. The number of hydrogen-bond donors (Lipinski definition) is 4. The lowest BCUT2D eigenvalue weighted by Gasteiger charge is -2.32. The third-order valence-electron chi connectivity index (χ3n) is 7.32. The van der Waals surface area contributed by atoms with Crippen molar-refractivity contribution < 1.29 is 24.6 Å². The highest BCUT2D eigenvalue weighted by Crippen LogP contribution is 2.26. The lowest BCUT2D eigenvalue weighted by Crippen LogP contribution is -2.57. The van der Waals surface area contributed by atoms with Crippen molar-refractivity contribution in [2.45, 2.75) is 76.6 Å². The van der Waals surface area contributed by atoms with Gasteiger partial charge >= 0.3 is 0 Å². The third kappa shape index (κ3) is 7.18. The SMILES string of the molecule is Cc1cc(O)c(C)c(C(=O)N[C@@H](Cc2ccc3ccccc3c2)[C@H](O)C(=O)N2C[C@@H](Cl)C[C@H]2C(=O)NC(C)(C)C)c1. The maximum absolute atomic E-state index is 13.8. The second-order valence-corrected chi connectivity index (χ2v) is 12.6. The van der Waals surface area contributed by atoms with Crippen LogP contribution < -0.4 is 10.6 Å². The standard InChI is InChI=1S/C32H38ClN3O5/c1-18-12-24(19(2)27(37)13-18)29(39)34-25(15-20-10-11-21-8-6-7-9-22(21)14-20)28(38)31(41)36-17-23(33)16-26(36)30(40)35-32(3,4)5/h6-14,23,25-26,28,37-38H,15-17H2,1-5H3,(H,34,39)(H,35,40)/t23-,25-,26-,28-/m0/s1. The molecule has 4 atom stereocenters. The van der Waals surface area contributed by atoms with E-state index in [4.69, 9.17) is 11.6 Å². The van der Waals surface area contributed by atoms with Gasteiger partial charge in [-0.05, 0) is 81.5 Å². The molecule has 218 valence electrons. The topological polar surface area (TPSA) is 119 Å². The number of aryl methyl sites for hydroxylation is 1. The molecular formula is C32H38ClN3O5. The first-order chi connectivity index (χ1) is 19.2. The molecule has 1 fully saturated rings. The number of halogens is 1. The number of carbonyl (C=O) groups excluding carboxylic acids is 3. The van der Waals surface area contributed by atoms with Crippen LogP contribution in [-0.2, 0) is 16.0 Å². The molecule has 8 nitrogen and oxygen atoms in total. The minimum atomic E-state index is -1.66. The summed E-state index contributed by atoms with van der Waals surface area (Å²) in [6, 6.07) is 15.0. The number of nitrogens with zero attached hydrogens (tertiary/aromatic N) is 1. The highest BCUT2D eigenvalue weighted by atomic mass is 35.5. The molecular weight excluding hydrogens is 542 g/mol. The van der Waals surface area contributed by atoms with Crippen LogP contribution in [0.3, 0.4) is 0 Å². The molecule has 4 N–H and O–H groups in total. The van der Waals surface area contributed by atoms with Crippen LogP contribution in [0.1, 0.15) is 54.2 Å². The molecule has 0 unspecified atom stereocenters. The maximum Gasteiger partial charge on any atom is 0.254 e. The molecule has 3 aromatic rings. The number of fused-ring (bicyclic) bond motifs is 1. The van der Waals surface area contributed by atoms with Crippen LogP contribution in [0.25, 0.3) is 10.8 Å². The summed E-state index contributed by atoms with van der Waals surface area (Å²) in [5.41, 5.74) is 1.62. The molecule has 1 saturated heterocycles. The Labute approximate surface area is 245 Å². The van der Waals surface area contributed by atoms with Crippen LogP contribution in [0.5, 0.6) is 5.75 Å². The van der Waals surface area contributed by atoms with Gasteiger partial charge in [0.05, 0.1) is 11.4 Å². The number of alkyl halides is 1. The summed E-state index contributed by atoms with van der Waals surface area (Å²) in [6.45, 7) is 9.03. The van der Waals surface area contributed by atoms with Gasteiger partial charge in [0.15, 0.2) is 6.10 Å². The number of nitrogens with one attached hydrogen (secondary N) is 2. The highest BCUT2D eigenvalue weighted by molar-refractivity contribution is 6.21. The Morgan fingerprint density at radius 3 is 2.41 bits per heavy atom. The smallest absolute Gasteiger partial charge is 0.254 e. The van der Waals surface area contributed by atoms with Gasteiger partial charge in [-0.1, -0.05) is 42.5 Å². The lowest BCUT2D eigenvalue weighted by molar-refractivity contribution is -0.146. The zero-order chi connectivity index (χ0) is 30.1. The molecule has 41 heavy (non-hydrogen) atoms. The average molecular weight is 580 g/mol. The Kier molecular flexibility index (Phi) is 8.94. The fraction of sp³-hybridized carbons (Fsp3) is 0.406. The van der Waals surface area contributed by atoms with Crippen molar-refractivity contribution in [1.82, 2.24) is 15.5 Å². The number of rotatable bonds is 7. The van der Waals surface area contributed by atoms with E-state index in [0.717, 1.165) is 16.3 Å². The summed E-state index contributed by atoms with van der Waals surface area (Å²) >= 11 is 6.39. The van der Waals surface area contributed by atoms with Crippen molar-refractivity contribution in [3.05, 3.63) is 76.9 Å². The predicted molar refractivity (Wildman–Crippen MR) is 160 cm³/mol. The van der Waals surface area contributed by atoms with Crippen LogP contribution in [0.2, 0.25) is 0 Å². The zero-order valence-electron chi connectivity index (χ0n) is 24.1.